The van der Waals surface area contributed by atoms with E-state index >= 15 is 0 Å². The zero-order valence-electron chi connectivity index (χ0n) is 8.35. The first kappa shape index (κ1) is 9.52. The van der Waals surface area contributed by atoms with Gasteiger partial charge in [0.2, 0.25) is 5.91 Å². The molecule has 1 rings (SSSR count). The summed E-state index contributed by atoms with van der Waals surface area (Å²) in [6.45, 7) is 7.62. The predicted molar refractivity (Wildman–Crippen MR) is 48.9 cm³/mol. The normalized spacial score (nSPS) is 19.2. The molecule has 0 aromatic heterocycles. The maximum atomic E-state index is 11.6. The van der Waals surface area contributed by atoms with Crippen LogP contribution in [0.5, 0.6) is 0 Å². The molecule has 1 N–H and O–H groups in total. The Morgan fingerprint density at radius 2 is 1.92 bits per heavy atom. The Labute approximate surface area is 74.1 Å². The van der Waals surface area contributed by atoms with Crippen LogP contribution in [0.2, 0.25) is 0 Å². The fourth-order valence-corrected chi connectivity index (χ4v) is 1.30. The van der Waals surface area contributed by atoms with Gasteiger partial charge in [-0.25, -0.2) is 0 Å². The number of rotatable bonds is 1. The maximum absolute atomic E-state index is 11.6. The zero-order chi connectivity index (χ0) is 9.35. The smallest absolute Gasteiger partial charge is 0.228 e. The number of nitrogens with one attached hydrogen (secondary N) is 1. The quantitative estimate of drug-likeness (QED) is 0.620. The van der Waals surface area contributed by atoms with Crippen molar-refractivity contribution in [2.45, 2.75) is 26.8 Å². The lowest BCUT2D eigenvalue weighted by atomic mass is 9.92. The van der Waals surface area contributed by atoms with Crippen LogP contribution in [0.15, 0.2) is 0 Å². The third kappa shape index (κ3) is 1.78. The van der Waals surface area contributed by atoms with Crippen molar-refractivity contribution < 1.29 is 4.79 Å². The molecule has 0 radical (unpaired) electrons. The highest BCUT2D eigenvalue weighted by atomic mass is 16.2. The number of nitrogens with zero attached hydrogens (tertiary/aromatic N) is 1. The molecule has 3 nitrogen and oxygen atoms in total. The summed E-state index contributed by atoms with van der Waals surface area (Å²) in [5.41, 5.74) is -0.224. The van der Waals surface area contributed by atoms with Crippen molar-refractivity contribution >= 4 is 5.91 Å². The highest BCUT2D eigenvalue weighted by Crippen LogP contribution is 2.21. The molecule has 12 heavy (non-hydrogen) atoms. The monoisotopic (exact) mass is 170 g/mol. The van der Waals surface area contributed by atoms with Gasteiger partial charge in [0.05, 0.1) is 0 Å². The second kappa shape index (κ2) is 3.05. The molecule has 0 saturated carbocycles. The number of likely N-dealkylation sites (N-methyl/N-ethyl adjacent to an activating group) is 1. The number of hydrogen-bond donors (Lipinski definition) is 1. The highest BCUT2D eigenvalue weighted by molar-refractivity contribution is 5.82. The Bertz CT molecular complexity index is 177. The molecule has 1 heterocycles. The largest absolute Gasteiger partial charge is 0.339 e. The number of likely N-dealkylation sites (tertiary alicyclic amines) is 1. The van der Waals surface area contributed by atoms with Gasteiger partial charge in [-0.2, -0.15) is 0 Å². The van der Waals surface area contributed by atoms with E-state index in [9.17, 15) is 4.79 Å². The van der Waals surface area contributed by atoms with Crippen molar-refractivity contribution in [2.24, 2.45) is 5.41 Å². The van der Waals surface area contributed by atoms with E-state index < -0.39 is 0 Å². The molecule has 1 fully saturated rings. The van der Waals surface area contributed by atoms with Gasteiger partial charge in [0, 0.05) is 24.5 Å². The minimum absolute atomic E-state index is 0.224. The molecule has 0 bridgehead atoms. The molecule has 1 aliphatic heterocycles. The van der Waals surface area contributed by atoms with Crippen molar-refractivity contribution in [2.75, 3.05) is 20.1 Å². The lowest BCUT2D eigenvalue weighted by Gasteiger charge is -2.42. The van der Waals surface area contributed by atoms with Crippen LogP contribution in [-0.4, -0.2) is 37.0 Å². The first-order valence-electron chi connectivity index (χ1n) is 4.42. The van der Waals surface area contributed by atoms with Gasteiger partial charge in [-0.15, -0.1) is 0 Å². The predicted octanol–water partition coefficient (Wildman–Crippen LogP) is 0.463. The molecule has 0 atom stereocenters. The third-order valence-corrected chi connectivity index (χ3v) is 2.22. The van der Waals surface area contributed by atoms with E-state index in [2.05, 4.69) is 5.32 Å². The van der Waals surface area contributed by atoms with Crippen molar-refractivity contribution in [3.63, 3.8) is 0 Å². The van der Waals surface area contributed by atoms with Gasteiger partial charge < -0.3 is 10.2 Å². The molecule has 0 aromatic rings. The molecule has 1 amide bonds. The van der Waals surface area contributed by atoms with Crippen molar-refractivity contribution in [3.8, 4) is 0 Å². The maximum Gasteiger partial charge on any atom is 0.228 e. The van der Waals surface area contributed by atoms with Gasteiger partial charge in [-0.05, 0) is 7.05 Å². The van der Waals surface area contributed by atoms with E-state index in [-0.39, 0.29) is 11.3 Å². The lowest BCUT2D eigenvalue weighted by Crippen LogP contribution is -2.61. The molecule has 0 spiro atoms. The summed E-state index contributed by atoms with van der Waals surface area (Å²) < 4.78 is 0. The third-order valence-electron chi connectivity index (χ3n) is 2.22. The molecule has 0 aliphatic carbocycles. The molecular weight excluding hydrogens is 152 g/mol. The van der Waals surface area contributed by atoms with Gasteiger partial charge in [0.15, 0.2) is 0 Å². The summed E-state index contributed by atoms with van der Waals surface area (Å²) in [6, 6.07) is 0.510. The Balaban J connectivity index is 2.39. The molecule has 0 unspecified atom stereocenters. The highest BCUT2D eigenvalue weighted by Gasteiger charge is 2.35. The summed E-state index contributed by atoms with van der Waals surface area (Å²) in [7, 11) is 1.93. The standard InChI is InChI=1S/C9H18N2O/c1-9(2,3)8(12)11-5-7(6-11)10-4/h7,10H,5-6H2,1-4H3. The number of carbonyl (C=O) groups is 1. The van der Waals surface area contributed by atoms with Crippen LogP contribution < -0.4 is 5.32 Å². The fourth-order valence-electron chi connectivity index (χ4n) is 1.30. The minimum atomic E-state index is -0.224. The fraction of sp³-hybridized carbons (Fsp3) is 0.889. The Morgan fingerprint density at radius 1 is 1.42 bits per heavy atom. The Kier molecular flexibility index (Phi) is 2.42. The van der Waals surface area contributed by atoms with Crippen LogP contribution in [0.25, 0.3) is 0 Å². The van der Waals surface area contributed by atoms with E-state index in [1.807, 2.05) is 32.7 Å². The average Bonchev–Trinajstić information content (AvgIpc) is 1.83. The summed E-state index contributed by atoms with van der Waals surface area (Å²) in [5, 5.41) is 3.14. The van der Waals surface area contributed by atoms with Crippen LogP contribution in [0.1, 0.15) is 20.8 Å². The van der Waals surface area contributed by atoms with Crippen molar-refractivity contribution in [1.29, 1.82) is 0 Å². The molecule has 70 valence electrons. The number of amides is 1. The lowest BCUT2D eigenvalue weighted by molar-refractivity contribution is -0.144. The van der Waals surface area contributed by atoms with Gasteiger partial charge in [0.1, 0.15) is 0 Å². The van der Waals surface area contributed by atoms with Gasteiger partial charge in [-0.1, -0.05) is 20.8 Å². The molecule has 1 aliphatic rings. The van der Waals surface area contributed by atoms with E-state index in [0.717, 1.165) is 13.1 Å². The first-order valence-corrected chi connectivity index (χ1v) is 4.42. The average molecular weight is 170 g/mol. The van der Waals surface area contributed by atoms with E-state index in [4.69, 9.17) is 0 Å². The van der Waals surface area contributed by atoms with Gasteiger partial charge >= 0.3 is 0 Å². The zero-order valence-corrected chi connectivity index (χ0v) is 8.35. The molecule has 3 heteroatoms. The Hall–Kier alpha value is -0.570. The van der Waals surface area contributed by atoms with Crippen molar-refractivity contribution in [1.82, 2.24) is 10.2 Å². The minimum Gasteiger partial charge on any atom is -0.339 e. The van der Waals surface area contributed by atoms with Gasteiger partial charge in [-0.3, -0.25) is 4.79 Å². The van der Waals surface area contributed by atoms with Crippen molar-refractivity contribution in [3.05, 3.63) is 0 Å². The molecular formula is C9H18N2O. The second-order valence-electron chi connectivity index (χ2n) is 4.45. The summed E-state index contributed by atoms with van der Waals surface area (Å²) in [4.78, 5) is 13.5. The topological polar surface area (TPSA) is 32.3 Å². The second-order valence-corrected chi connectivity index (χ2v) is 4.45. The Morgan fingerprint density at radius 3 is 2.25 bits per heavy atom. The van der Waals surface area contributed by atoms with Gasteiger partial charge in [0.25, 0.3) is 0 Å². The van der Waals surface area contributed by atoms with E-state index in [1.54, 1.807) is 0 Å². The summed E-state index contributed by atoms with van der Waals surface area (Å²) >= 11 is 0. The SMILES string of the molecule is CNC1CN(C(=O)C(C)(C)C)C1. The van der Waals surface area contributed by atoms with Crippen LogP contribution in [0.3, 0.4) is 0 Å². The van der Waals surface area contributed by atoms with Crippen LogP contribution in [0, 0.1) is 5.41 Å². The van der Waals surface area contributed by atoms with E-state index in [1.165, 1.54) is 0 Å². The molecule has 0 aromatic carbocycles. The van der Waals surface area contributed by atoms with Crippen LogP contribution in [0.4, 0.5) is 0 Å². The summed E-state index contributed by atoms with van der Waals surface area (Å²) in [5.74, 6) is 0.258. The van der Waals surface area contributed by atoms with E-state index in [0.29, 0.717) is 6.04 Å². The number of carbonyl (C=O) groups excluding carboxylic acids is 1. The summed E-state index contributed by atoms with van der Waals surface area (Å²) in [6.07, 6.45) is 0. The first-order chi connectivity index (χ1) is 5.45. The number of hydrogen-bond acceptors (Lipinski definition) is 2. The van der Waals surface area contributed by atoms with Crippen LogP contribution >= 0.6 is 0 Å². The molecule has 1 saturated heterocycles. The van der Waals surface area contributed by atoms with Crippen LogP contribution in [-0.2, 0) is 4.79 Å².